The van der Waals surface area contributed by atoms with Gasteiger partial charge < -0.3 is 14.4 Å². The van der Waals surface area contributed by atoms with Crippen molar-refractivity contribution < 1.29 is 23.9 Å². The Morgan fingerprint density at radius 1 is 0.951 bits per heavy atom. The highest BCUT2D eigenvalue weighted by Crippen LogP contribution is 2.54. The monoisotopic (exact) mass is 657 g/mol. The molecule has 0 bridgehead atoms. The van der Waals surface area contributed by atoms with Crippen molar-refractivity contribution >= 4 is 62.4 Å². The fraction of sp³-hybridized carbons (Fsp3) is 0.379. The van der Waals surface area contributed by atoms with Gasteiger partial charge in [-0.25, -0.2) is 4.90 Å². The van der Waals surface area contributed by atoms with Crippen molar-refractivity contribution in [3.05, 3.63) is 67.0 Å². The Hall–Kier alpha value is -3.09. The molecule has 3 aliphatic rings. The number of nitrogens with zero attached hydrogens (tertiary/aromatic N) is 3. The Balaban J connectivity index is 1.46. The second-order valence-corrected chi connectivity index (χ2v) is 13.2. The fourth-order valence-electron chi connectivity index (χ4n) is 5.88. The van der Waals surface area contributed by atoms with Gasteiger partial charge in [0, 0.05) is 28.4 Å². The Kier molecular flexibility index (Phi) is 7.73. The number of hydrogen-bond donors (Lipinski definition) is 0. The molecule has 0 spiro atoms. The number of ether oxygens (including phenoxy) is 2. The molecule has 0 unspecified atom stereocenters. The molecule has 3 aliphatic heterocycles. The molecular weight excluding hydrogens is 630 g/mol. The standard InChI is InChI=1S/C29H28BrN3O6S2/c1-38-19-11-6-16(14-20(19)39-2)22-23-24(27(36)33(26(23)35)18-9-7-17(30)8-10-18)40-28-25(22)41-29(37)32(28)15-21(34)31-12-4-3-5-13-31/h6-11,14,22-24H,3-5,12-13,15H2,1-2H3/t22-,23-,24+/m0/s1. The third-order valence-electron chi connectivity index (χ3n) is 7.90. The topological polar surface area (TPSA) is 98.1 Å². The van der Waals surface area contributed by atoms with Crippen LogP contribution in [0.3, 0.4) is 0 Å². The number of thioether (sulfide) groups is 1. The van der Waals surface area contributed by atoms with Gasteiger partial charge >= 0.3 is 4.87 Å². The van der Waals surface area contributed by atoms with Crippen molar-refractivity contribution in [1.82, 2.24) is 9.47 Å². The first-order chi connectivity index (χ1) is 19.8. The maximum absolute atomic E-state index is 14.1. The summed E-state index contributed by atoms with van der Waals surface area (Å²) in [5, 5.41) is -0.188. The van der Waals surface area contributed by atoms with Crippen LogP contribution >= 0.6 is 39.0 Å². The van der Waals surface area contributed by atoms with Crippen LogP contribution in [0.25, 0.3) is 0 Å². The first kappa shape index (κ1) is 28.0. The first-order valence-electron chi connectivity index (χ1n) is 13.4. The van der Waals surface area contributed by atoms with Crippen molar-refractivity contribution in [3.63, 3.8) is 0 Å². The number of methoxy groups -OCH3 is 2. The molecule has 41 heavy (non-hydrogen) atoms. The maximum Gasteiger partial charge on any atom is 0.308 e. The number of anilines is 1. The van der Waals surface area contributed by atoms with Crippen LogP contribution in [0.5, 0.6) is 11.5 Å². The largest absolute Gasteiger partial charge is 0.493 e. The lowest BCUT2D eigenvalue weighted by atomic mass is 9.83. The molecule has 1 aromatic heterocycles. The normalized spacial score (nSPS) is 22.0. The van der Waals surface area contributed by atoms with Crippen molar-refractivity contribution in [3.8, 4) is 11.5 Å². The Morgan fingerprint density at radius 2 is 1.66 bits per heavy atom. The molecule has 4 heterocycles. The summed E-state index contributed by atoms with van der Waals surface area (Å²) in [6, 6.07) is 12.4. The lowest BCUT2D eigenvalue weighted by Crippen LogP contribution is -2.39. The second-order valence-electron chi connectivity index (χ2n) is 10.2. The third-order valence-corrected chi connectivity index (χ3v) is 11.0. The molecule has 0 N–H and O–H groups in total. The van der Waals surface area contributed by atoms with Crippen LogP contribution < -0.4 is 19.2 Å². The molecule has 3 aromatic rings. The molecule has 0 aliphatic carbocycles. The molecule has 0 radical (unpaired) electrons. The van der Waals surface area contributed by atoms with Crippen LogP contribution in [0.2, 0.25) is 0 Å². The number of piperidine rings is 1. The lowest BCUT2D eigenvalue weighted by Gasteiger charge is -2.31. The van der Waals surface area contributed by atoms with E-state index in [4.69, 9.17) is 9.47 Å². The molecule has 0 saturated carbocycles. The van der Waals surface area contributed by atoms with Crippen LogP contribution in [-0.4, -0.2) is 59.7 Å². The van der Waals surface area contributed by atoms with Crippen LogP contribution in [0.1, 0.15) is 35.6 Å². The van der Waals surface area contributed by atoms with E-state index in [-0.39, 0.29) is 29.1 Å². The van der Waals surface area contributed by atoms with E-state index in [1.807, 2.05) is 11.0 Å². The van der Waals surface area contributed by atoms with E-state index in [2.05, 4.69) is 15.9 Å². The zero-order valence-corrected chi connectivity index (χ0v) is 25.7. The summed E-state index contributed by atoms with van der Waals surface area (Å²) in [4.78, 5) is 58.0. The molecule has 3 atom stereocenters. The number of halogens is 1. The molecule has 214 valence electrons. The third kappa shape index (κ3) is 4.89. The molecule has 2 fully saturated rings. The molecular formula is C29H28BrN3O6S2. The van der Waals surface area contributed by atoms with E-state index in [0.717, 1.165) is 40.6 Å². The quantitative estimate of drug-likeness (QED) is 0.360. The van der Waals surface area contributed by atoms with Gasteiger partial charge in [0.25, 0.3) is 0 Å². The highest BCUT2D eigenvalue weighted by Gasteiger charge is 2.57. The molecule has 12 heteroatoms. The Bertz CT molecular complexity index is 1580. The number of aromatic nitrogens is 1. The van der Waals surface area contributed by atoms with Gasteiger partial charge in [-0.05, 0) is 61.2 Å². The average Bonchev–Trinajstić information content (AvgIpc) is 3.43. The number of rotatable bonds is 6. The number of benzene rings is 2. The van der Waals surface area contributed by atoms with Crippen molar-refractivity contribution in [2.45, 2.75) is 42.0 Å². The van der Waals surface area contributed by atoms with E-state index in [9.17, 15) is 19.2 Å². The van der Waals surface area contributed by atoms with Gasteiger partial charge in [0.05, 0.1) is 30.9 Å². The number of carbonyl (C=O) groups excluding carboxylic acids is 3. The Morgan fingerprint density at radius 3 is 2.34 bits per heavy atom. The van der Waals surface area contributed by atoms with Gasteiger partial charge in [-0.15, -0.1) is 0 Å². The van der Waals surface area contributed by atoms with E-state index in [1.54, 1.807) is 43.5 Å². The number of carbonyl (C=O) groups is 3. The average molecular weight is 659 g/mol. The van der Waals surface area contributed by atoms with E-state index in [0.29, 0.717) is 40.2 Å². The fourth-order valence-corrected chi connectivity index (χ4v) is 8.92. The lowest BCUT2D eigenvalue weighted by molar-refractivity contribution is -0.133. The smallest absolute Gasteiger partial charge is 0.308 e. The predicted molar refractivity (Wildman–Crippen MR) is 160 cm³/mol. The minimum absolute atomic E-state index is 0.0910. The molecule has 2 saturated heterocycles. The number of imide groups is 1. The molecule has 9 nitrogen and oxygen atoms in total. The minimum Gasteiger partial charge on any atom is -0.493 e. The van der Waals surface area contributed by atoms with E-state index >= 15 is 0 Å². The highest BCUT2D eigenvalue weighted by atomic mass is 79.9. The minimum atomic E-state index is -0.762. The number of fused-ring (bicyclic) bond motifs is 2. The van der Waals surface area contributed by atoms with Gasteiger partial charge in [-0.1, -0.05) is 45.1 Å². The van der Waals surface area contributed by atoms with Crippen molar-refractivity contribution in [2.24, 2.45) is 5.92 Å². The number of likely N-dealkylation sites (tertiary alicyclic amines) is 1. The first-order valence-corrected chi connectivity index (χ1v) is 15.8. The predicted octanol–water partition coefficient (Wildman–Crippen LogP) is 4.50. The maximum atomic E-state index is 14.1. The summed E-state index contributed by atoms with van der Waals surface area (Å²) in [5.74, 6) is -1.09. The molecule has 2 aromatic carbocycles. The molecule has 3 amide bonds. The number of thiazole rings is 1. The van der Waals surface area contributed by atoms with Crippen molar-refractivity contribution in [2.75, 3.05) is 32.2 Å². The summed E-state index contributed by atoms with van der Waals surface area (Å²) in [5.41, 5.74) is 1.22. The molecule has 6 rings (SSSR count). The summed E-state index contributed by atoms with van der Waals surface area (Å²) in [7, 11) is 3.08. The summed E-state index contributed by atoms with van der Waals surface area (Å²) in [6.07, 6.45) is 2.99. The number of amides is 3. The summed E-state index contributed by atoms with van der Waals surface area (Å²) >= 11 is 5.67. The van der Waals surface area contributed by atoms with E-state index in [1.165, 1.54) is 28.3 Å². The highest BCUT2D eigenvalue weighted by molar-refractivity contribution is 9.10. The van der Waals surface area contributed by atoms with Crippen molar-refractivity contribution in [1.29, 1.82) is 0 Å². The van der Waals surface area contributed by atoms with Crippen LogP contribution in [0.4, 0.5) is 5.69 Å². The van der Waals surface area contributed by atoms with Gasteiger partial charge in [0.15, 0.2) is 11.5 Å². The van der Waals surface area contributed by atoms with Gasteiger partial charge in [-0.3, -0.25) is 23.7 Å². The zero-order chi connectivity index (χ0) is 28.8. The second kappa shape index (κ2) is 11.3. The zero-order valence-electron chi connectivity index (χ0n) is 22.5. The van der Waals surface area contributed by atoms with Gasteiger partial charge in [0.1, 0.15) is 11.8 Å². The van der Waals surface area contributed by atoms with Gasteiger partial charge in [0.2, 0.25) is 17.7 Å². The van der Waals surface area contributed by atoms with Crippen LogP contribution in [0.15, 0.2) is 56.8 Å². The van der Waals surface area contributed by atoms with Crippen LogP contribution in [0, 0.1) is 5.92 Å². The van der Waals surface area contributed by atoms with Crippen LogP contribution in [-0.2, 0) is 20.9 Å². The Labute approximate surface area is 253 Å². The number of hydrogen-bond acceptors (Lipinski definition) is 8. The SMILES string of the molecule is COc1ccc([C@@H]2c3sc(=O)n(CC(=O)N4CCCCC4)c3S[C@H]3C(=O)N(c4ccc(Br)cc4)C(=O)[C@@H]23)cc1OC. The van der Waals surface area contributed by atoms with E-state index < -0.39 is 17.1 Å². The summed E-state index contributed by atoms with van der Waals surface area (Å²) in [6.45, 7) is 1.27. The summed E-state index contributed by atoms with van der Waals surface area (Å²) < 4.78 is 13.3. The van der Waals surface area contributed by atoms with Gasteiger partial charge in [-0.2, -0.15) is 0 Å².